The van der Waals surface area contributed by atoms with Crippen LogP contribution < -0.4 is 24.3 Å². The summed E-state index contributed by atoms with van der Waals surface area (Å²) in [6.45, 7) is 7.34. The molecule has 9 nitrogen and oxygen atoms in total. The fourth-order valence-electron chi connectivity index (χ4n) is 4.25. The highest BCUT2D eigenvalue weighted by Gasteiger charge is 2.36. The highest BCUT2D eigenvalue weighted by Crippen LogP contribution is 2.36. The highest BCUT2D eigenvalue weighted by molar-refractivity contribution is 14.1. The van der Waals surface area contributed by atoms with Crippen LogP contribution in [0, 0.1) is 3.57 Å². The van der Waals surface area contributed by atoms with Gasteiger partial charge in [-0.25, -0.2) is 4.79 Å². The molecule has 11 heteroatoms. The van der Waals surface area contributed by atoms with Gasteiger partial charge in [0.2, 0.25) is 0 Å². The Morgan fingerprint density at radius 2 is 1.53 bits per heavy atom. The van der Waals surface area contributed by atoms with E-state index in [1.54, 1.807) is 30.3 Å². The number of nitrogens with one attached hydrogen (secondary N) is 1. The summed E-state index contributed by atoms with van der Waals surface area (Å²) in [6.07, 6.45) is 2.29. The maximum atomic E-state index is 13.5. The van der Waals surface area contributed by atoms with Crippen molar-refractivity contribution in [2.45, 2.75) is 40.3 Å². The molecule has 0 aromatic heterocycles. The van der Waals surface area contributed by atoms with E-state index in [4.69, 9.17) is 18.9 Å². The molecule has 0 atom stereocenters. The molecular weight excluding hydrogens is 731 g/mol. The zero-order chi connectivity index (χ0) is 30.9. The number of benzene rings is 3. The lowest BCUT2D eigenvalue weighted by Gasteiger charge is -2.26. The van der Waals surface area contributed by atoms with Gasteiger partial charge in [-0.2, -0.15) is 0 Å². The number of ether oxygens (including phenoxy) is 4. The Balaban J connectivity index is 1.58. The van der Waals surface area contributed by atoms with Gasteiger partial charge < -0.3 is 18.9 Å². The number of barbiturate groups is 1. The lowest BCUT2D eigenvalue weighted by molar-refractivity contribution is -0.130. The van der Waals surface area contributed by atoms with Crippen LogP contribution >= 0.6 is 38.5 Å². The van der Waals surface area contributed by atoms with E-state index in [0.717, 1.165) is 24.9 Å². The summed E-state index contributed by atoms with van der Waals surface area (Å²) in [7, 11) is 0. The van der Waals surface area contributed by atoms with Gasteiger partial charge in [-0.3, -0.25) is 19.8 Å². The average Bonchev–Trinajstić information content (AvgIpc) is 2.98. The maximum Gasteiger partial charge on any atom is 0.331 e. The number of hydrogen-bond donors (Lipinski definition) is 1. The Kier molecular flexibility index (Phi) is 11.5. The van der Waals surface area contributed by atoms with Gasteiger partial charge in [-0.05, 0) is 102 Å². The predicted octanol–water partition coefficient (Wildman–Crippen LogP) is 6.88. The summed E-state index contributed by atoms with van der Waals surface area (Å²) in [5.41, 5.74) is 2.00. The Bertz CT molecular complexity index is 1520. The lowest BCUT2D eigenvalue weighted by Crippen LogP contribution is -2.53. The summed E-state index contributed by atoms with van der Waals surface area (Å²) in [4.78, 5) is 40.0. The van der Waals surface area contributed by atoms with Crippen molar-refractivity contribution in [3.8, 4) is 23.0 Å². The van der Waals surface area contributed by atoms with E-state index in [0.29, 0.717) is 60.6 Å². The van der Waals surface area contributed by atoms with Gasteiger partial charge in [-0.15, -0.1) is 0 Å². The van der Waals surface area contributed by atoms with Crippen LogP contribution in [0.15, 0.2) is 64.6 Å². The molecule has 0 unspecified atom stereocenters. The lowest BCUT2D eigenvalue weighted by atomic mass is 10.1. The number of urea groups is 1. The van der Waals surface area contributed by atoms with Crippen molar-refractivity contribution in [2.75, 3.05) is 19.8 Å². The molecule has 1 saturated heterocycles. The zero-order valence-electron chi connectivity index (χ0n) is 24.1. The van der Waals surface area contributed by atoms with Crippen LogP contribution in [-0.2, 0) is 22.7 Å². The first-order valence-corrected chi connectivity index (χ1v) is 15.7. The van der Waals surface area contributed by atoms with Gasteiger partial charge in [0.05, 0.1) is 29.9 Å². The summed E-state index contributed by atoms with van der Waals surface area (Å²) < 4.78 is 25.1. The Hall–Kier alpha value is -3.58. The van der Waals surface area contributed by atoms with E-state index >= 15 is 0 Å². The molecule has 1 heterocycles. The minimum absolute atomic E-state index is 0.0615. The van der Waals surface area contributed by atoms with Crippen LogP contribution in [0.5, 0.6) is 23.0 Å². The average molecular weight is 763 g/mol. The fraction of sp³-hybridized carbons (Fsp3) is 0.281. The van der Waals surface area contributed by atoms with E-state index in [9.17, 15) is 14.4 Å². The molecule has 4 rings (SSSR count). The number of carbonyl (C=O) groups is 3. The first kappa shape index (κ1) is 32.3. The van der Waals surface area contributed by atoms with E-state index in [-0.39, 0.29) is 12.1 Å². The number of rotatable bonds is 13. The molecular formula is C32H32BrIN2O7. The van der Waals surface area contributed by atoms with E-state index in [2.05, 4.69) is 43.8 Å². The van der Waals surface area contributed by atoms with E-state index in [1.807, 2.05) is 45.0 Å². The topological polar surface area (TPSA) is 103 Å². The van der Waals surface area contributed by atoms with Gasteiger partial charge in [0.25, 0.3) is 11.8 Å². The standard InChI is InChI=1S/C32H32BrIN2O7/c1-4-13-42-26-12-9-21(16-27(26)40-5-2)18-36-31(38)24(30(37)35-32(36)39)14-22-15-25(34)29(28(17-22)41-6-3)43-19-20-7-10-23(33)11-8-20/h7-12,14-17H,4-6,13,18-19H2,1-3H3,(H,35,37,39)/b24-14+. The van der Waals surface area contributed by atoms with E-state index < -0.39 is 17.8 Å². The molecule has 3 aromatic carbocycles. The van der Waals surface area contributed by atoms with E-state index in [1.165, 1.54) is 6.08 Å². The summed E-state index contributed by atoms with van der Waals surface area (Å²) in [5, 5.41) is 2.28. The number of amides is 4. The Labute approximate surface area is 272 Å². The zero-order valence-corrected chi connectivity index (χ0v) is 27.8. The smallest absolute Gasteiger partial charge is 0.331 e. The van der Waals surface area contributed by atoms with Crippen LogP contribution in [0.25, 0.3) is 6.08 Å². The van der Waals surface area contributed by atoms with Crippen molar-refractivity contribution < 1.29 is 33.3 Å². The van der Waals surface area contributed by atoms with Crippen molar-refractivity contribution in [1.29, 1.82) is 0 Å². The van der Waals surface area contributed by atoms with Gasteiger partial charge in [0.15, 0.2) is 23.0 Å². The molecule has 1 aliphatic heterocycles. The number of halogens is 2. The monoisotopic (exact) mass is 762 g/mol. The van der Waals surface area contributed by atoms with Crippen LogP contribution in [-0.4, -0.2) is 42.6 Å². The van der Waals surface area contributed by atoms with Crippen molar-refractivity contribution in [3.05, 3.63) is 84.9 Å². The molecule has 226 valence electrons. The van der Waals surface area contributed by atoms with Gasteiger partial charge >= 0.3 is 6.03 Å². The summed E-state index contributed by atoms with van der Waals surface area (Å²) in [5.74, 6) is 0.658. The number of nitrogens with zero attached hydrogens (tertiary/aromatic N) is 1. The molecule has 1 N–H and O–H groups in total. The van der Waals surface area contributed by atoms with Crippen molar-refractivity contribution in [2.24, 2.45) is 0 Å². The second-order valence-corrected chi connectivity index (χ2v) is 11.5. The Morgan fingerprint density at radius 3 is 2.23 bits per heavy atom. The normalized spacial score (nSPS) is 14.1. The molecule has 1 aliphatic rings. The number of imide groups is 2. The number of hydrogen-bond acceptors (Lipinski definition) is 7. The summed E-state index contributed by atoms with van der Waals surface area (Å²) in [6, 6.07) is 15.8. The third kappa shape index (κ3) is 8.29. The van der Waals surface area contributed by atoms with Crippen molar-refractivity contribution in [3.63, 3.8) is 0 Å². The second kappa shape index (κ2) is 15.2. The molecule has 3 aromatic rings. The third-order valence-electron chi connectivity index (χ3n) is 6.24. The maximum absolute atomic E-state index is 13.5. The molecule has 4 amide bonds. The van der Waals surface area contributed by atoms with Gasteiger partial charge in [0, 0.05) is 4.47 Å². The highest BCUT2D eigenvalue weighted by atomic mass is 127. The Morgan fingerprint density at radius 1 is 0.837 bits per heavy atom. The summed E-state index contributed by atoms with van der Waals surface area (Å²) >= 11 is 5.57. The molecule has 0 saturated carbocycles. The minimum atomic E-state index is -0.794. The van der Waals surface area contributed by atoms with Gasteiger partial charge in [-0.1, -0.05) is 41.1 Å². The molecule has 0 bridgehead atoms. The molecule has 43 heavy (non-hydrogen) atoms. The van der Waals surface area contributed by atoms with Crippen LogP contribution in [0.1, 0.15) is 43.9 Å². The molecule has 0 aliphatic carbocycles. The quantitative estimate of drug-likeness (QED) is 0.115. The largest absolute Gasteiger partial charge is 0.490 e. The van der Waals surface area contributed by atoms with Gasteiger partial charge in [0.1, 0.15) is 12.2 Å². The first-order chi connectivity index (χ1) is 20.7. The number of carbonyl (C=O) groups excluding carboxylic acids is 3. The van der Waals surface area contributed by atoms with Crippen molar-refractivity contribution >= 4 is 62.4 Å². The fourth-order valence-corrected chi connectivity index (χ4v) is 5.29. The molecule has 1 fully saturated rings. The minimum Gasteiger partial charge on any atom is -0.490 e. The SMILES string of the molecule is CCCOc1ccc(CN2C(=O)NC(=O)/C(=C\c3cc(I)c(OCc4ccc(Br)cc4)c(OCC)c3)C2=O)cc1OCC. The predicted molar refractivity (Wildman–Crippen MR) is 174 cm³/mol. The van der Waals surface area contributed by atoms with Crippen LogP contribution in [0.2, 0.25) is 0 Å². The van der Waals surface area contributed by atoms with Crippen LogP contribution in [0.3, 0.4) is 0 Å². The van der Waals surface area contributed by atoms with Crippen molar-refractivity contribution in [1.82, 2.24) is 10.2 Å². The first-order valence-electron chi connectivity index (χ1n) is 13.8. The molecule has 0 radical (unpaired) electrons. The second-order valence-electron chi connectivity index (χ2n) is 9.45. The third-order valence-corrected chi connectivity index (χ3v) is 7.57. The van der Waals surface area contributed by atoms with Crippen LogP contribution in [0.4, 0.5) is 4.79 Å². The molecule has 0 spiro atoms.